The van der Waals surface area contributed by atoms with Gasteiger partial charge in [0.1, 0.15) is 0 Å². The second-order valence-electron chi connectivity index (χ2n) is 15.3. The minimum absolute atomic E-state index is 1.12. The molecule has 12 aromatic rings. The maximum atomic E-state index is 2.49. The summed E-state index contributed by atoms with van der Waals surface area (Å²) in [6.45, 7) is 2.25. The van der Waals surface area contributed by atoms with Gasteiger partial charge in [-0.05, 0) is 88.8 Å². The molecule has 2 nitrogen and oxygen atoms in total. The first-order valence-electron chi connectivity index (χ1n) is 19.9. The normalized spacial score (nSPS) is 11.9. The van der Waals surface area contributed by atoms with Crippen molar-refractivity contribution < 1.29 is 0 Å². The first-order valence-corrected chi connectivity index (χ1v) is 20.7. The zero-order chi connectivity index (χ0) is 38.3. The molecule has 0 bridgehead atoms. The zero-order valence-electron chi connectivity index (χ0n) is 31.9. The fourth-order valence-electron chi connectivity index (χ4n) is 9.45. The Bertz CT molecular complexity index is 3500. The van der Waals surface area contributed by atoms with Gasteiger partial charge in [-0.1, -0.05) is 152 Å². The van der Waals surface area contributed by atoms with E-state index in [0.29, 0.717) is 0 Å². The Morgan fingerprint density at radius 2 is 0.966 bits per heavy atom. The smallest absolute Gasteiger partial charge is 0.0620 e. The van der Waals surface area contributed by atoms with Crippen LogP contribution in [0.4, 0.5) is 17.1 Å². The minimum Gasteiger partial charge on any atom is -0.310 e. The number of aromatic nitrogens is 1. The molecular formula is C55H36N2S. The quantitative estimate of drug-likeness (QED) is 0.164. The first kappa shape index (κ1) is 33.0. The van der Waals surface area contributed by atoms with Crippen LogP contribution in [0.15, 0.2) is 200 Å². The SMILES string of the molecule is Cc1cc(-c2cccc3c4cccc5c6ccccc6n(c23)c54)ccc1-c1ccc(N(c2ccc(-c3ccccc3)cc2)c2cccc3sc4ccccc4c23)cc1. The average molecular weight is 757 g/mol. The van der Waals surface area contributed by atoms with Gasteiger partial charge in [0.25, 0.3) is 0 Å². The van der Waals surface area contributed by atoms with Crippen molar-refractivity contribution in [3.8, 4) is 33.4 Å². The van der Waals surface area contributed by atoms with Crippen molar-refractivity contribution in [2.24, 2.45) is 0 Å². The Morgan fingerprint density at radius 1 is 0.397 bits per heavy atom. The maximum absolute atomic E-state index is 2.49. The van der Waals surface area contributed by atoms with Crippen molar-refractivity contribution in [1.82, 2.24) is 4.40 Å². The van der Waals surface area contributed by atoms with E-state index in [1.165, 1.54) is 103 Å². The van der Waals surface area contributed by atoms with Crippen molar-refractivity contribution in [1.29, 1.82) is 0 Å². The summed E-state index contributed by atoms with van der Waals surface area (Å²) in [6.07, 6.45) is 0. The number of thiophene rings is 1. The van der Waals surface area contributed by atoms with Crippen LogP contribution in [-0.2, 0) is 0 Å². The molecule has 0 unspecified atom stereocenters. The van der Waals surface area contributed by atoms with Crippen molar-refractivity contribution >= 4 is 86.7 Å². The molecule has 0 spiro atoms. The van der Waals surface area contributed by atoms with Crippen molar-refractivity contribution in [2.75, 3.05) is 4.90 Å². The van der Waals surface area contributed by atoms with Crippen molar-refractivity contribution in [2.45, 2.75) is 6.92 Å². The van der Waals surface area contributed by atoms with Gasteiger partial charge < -0.3 is 9.30 Å². The van der Waals surface area contributed by atoms with E-state index in [9.17, 15) is 0 Å². The first-order chi connectivity index (χ1) is 28.7. The van der Waals surface area contributed by atoms with Crippen LogP contribution < -0.4 is 4.90 Å². The number of hydrogen-bond acceptors (Lipinski definition) is 2. The summed E-state index contributed by atoms with van der Waals surface area (Å²) in [5.74, 6) is 0. The van der Waals surface area contributed by atoms with Crippen LogP contribution in [0.1, 0.15) is 5.56 Å². The molecular weight excluding hydrogens is 721 g/mol. The molecule has 12 rings (SSSR count). The molecule has 0 atom stereocenters. The second kappa shape index (κ2) is 12.9. The third kappa shape index (κ3) is 4.97. The summed E-state index contributed by atoms with van der Waals surface area (Å²) >= 11 is 1.86. The van der Waals surface area contributed by atoms with E-state index in [0.717, 1.165) is 11.4 Å². The van der Waals surface area contributed by atoms with E-state index in [2.05, 4.69) is 216 Å². The standard InChI is InChI=1S/C55H36N2S/c1-35-34-39(43-16-9-18-46-47-19-10-17-45-44-14-5-7-20-49(44)57(54(43)46)55(45)47)28-33-42(35)38-26-31-41(32-27-38)56(40-29-24-37(25-30-40)36-12-3-2-4-13-36)50-21-11-23-52-53(50)48-15-6-8-22-51(48)58-52/h2-34H,1H3. The van der Waals surface area contributed by atoms with Crippen LogP contribution in [0.5, 0.6) is 0 Å². The van der Waals surface area contributed by atoms with Crippen LogP contribution >= 0.6 is 11.3 Å². The van der Waals surface area contributed by atoms with Gasteiger partial charge in [-0.15, -0.1) is 11.3 Å². The molecule has 3 heteroatoms. The van der Waals surface area contributed by atoms with Crippen LogP contribution in [0.25, 0.3) is 91.6 Å². The number of nitrogens with zero attached hydrogens (tertiary/aromatic N) is 2. The van der Waals surface area contributed by atoms with E-state index in [-0.39, 0.29) is 0 Å². The molecule has 58 heavy (non-hydrogen) atoms. The highest BCUT2D eigenvalue weighted by Crippen LogP contribution is 2.46. The maximum Gasteiger partial charge on any atom is 0.0620 e. The predicted octanol–water partition coefficient (Wildman–Crippen LogP) is 16.0. The highest BCUT2D eigenvalue weighted by molar-refractivity contribution is 7.26. The molecule has 0 amide bonds. The summed E-state index contributed by atoms with van der Waals surface area (Å²) in [6, 6.07) is 73.5. The van der Waals surface area contributed by atoms with Gasteiger partial charge in [0, 0.05) is 58.7 Å². The second-order valence-corrected chi connectivity index (χ2v) is 16.4. The summed E-state index contributed by atoms with van der Waals surface area (Å²) in [5.41, 5.74) is 15.9. The van der Waals surface area contributed by atoms with Crippen molar-refractivity contribution in [3.63, 3.8) is 0 Å². The van der Waals surface area contributed by atoms with Crippen LogP contribution in [0, 0.1) is 6.92 Å². The van der Waals surface area contributed by atoms with E-state index in [1.807, 2.05) is 11.3 Å². The Balaban J connectivity index is 0.960. The summed E-state index contributed by atoms with van der Waals surface area (Å²) in [7, 11) is 0. The lowest BCUT2D eigenvalue weighted by atomic mass is 9.94. The van der Waals surface area contributed by atoms with Crippen molar-refractivity contribution in [3.05, 3.63) is 206 Å². The van der Waals surface area contributed by atoms with Gasteiger partial charge in [0.05, 0.1) is 22.2 Å². The molecule has 0 saturated carbocycles. The molecule has 0 aliphatic carbocycles. The molecule has 0 N–H and O–H groups in total. The number of anilines is 3. The highest BCUT2D eigenvalue weighted by atomic mass is 32.1. The molecule has 9 aromatic carbocycles. The lowest BCUT2D eigenvalue weighted by Gasteiger charge is -2.27. The molecule has 0 saturated heterocycles. The lowest BCUT2D eigenvalue weighted by molar-refractivity contribution is 1.30. The van der Waals surface area contributed by atoms with Gasteiger partial charge in [-0.3, -0.25) is 0 Å². The van der Waals surface area contributed by atoms with Crippen LogP contribution in [-0.4, -0.2) is 4.40 Å². The Labute approximate surface area is 340 Å². The van der Waals surface area contributed by atoms with Gasteiger partial charge in [0.2, 0.25) is 0 Å². The molecule has 272 valence electrons. The van der Waals surface area contributed by atoms with Gasteiger partial charge >= 0.3 is 0 Å². The zero-order valence-corrected chi connectivity index (χ0v) is 32.7. The third-order valence-corrected chi connectivity index (χ3v) is 13.2. The predicted molar refractivity (Wildman–Crippen MR) is 250 cm³/mol. The Kier molecular flexibility index (Phi) is 7.35. The van der Waals surface area contributed by atoms with E-state index >= 15 is 0 Å². The molecule has 0 fully saturated rings. The molecule has 3 heterocycles. The molecule has 3 aromatic heterocycles. The number of rotatable bonds is 6. The highest BCUT2D eigenvalue weighted by Gasteiger charge is 2.21. The van der Waals surface area contributed by atoms with E-state index in [4.69, 9.17) is 0 Å². The third-order valence-electron chi connectivity index (χ3n) is 12.1. The van der Waals surface area contributed by atoms with E-state index < -0.39 is 0 Å². The van der Waals surface area contributed by atoms with Crippen LogP contribution in [0.2, 0.25) is 0 Å². The lowest BCUT2D eigenvalue weighted by Crippen LogP contribution is -2.10. The van der Waals surface area contributed by atoms with Crippen LogP contribution in [0.3, 0.4) is 0 Å². The van der Waals surface area contributed by atoms with Gasteiger partial charge in [0.15, 0.2) is 0 Å². The Hall–Kier alpha value is -7.20. The largest absolute Gasteiger partial charge is 0.310 e. The van der Waals surface area contributed by atoms with E-state index in [1.54, 1.807) is 0 Å². The average Bonchev–Trinajstić information content (AvgIpc) is 3.95. The number of benzene rings is 9. The topological polar surface area (TPSA) is 7.65 Å². The Morgan fingerprint density at radius 3 is 1.74 bits per heavy atom. The molecule has 0 aliphatic heterocycles. The summed E-state index contributed by atoms with van der Waals surface area (Å²) in [4.78, 5) is 2.42. The number of para-hydroxylation sites is 3. The number of fused-ring (bicyclic) bond motifs is 9. The fraction of sp³-hybridized carbons (Fsp3) is 0.0182. The molecule has 0 radical (unpaired) electrons. The number of aryl methyl sites for hydroxylation is 1. The van der Waals surface area contributed by atoms with Gasteiger partial charge in [-0.25, -0.2) is 0 Å². The monoisotopic (exact) mass is 756 g/mol. The summed E-state index contributed by atoms with van der Waals surface area (Å²) < 4.78 is 5.09. The number of hydrogen-bond donors (Lipinski definition) is 0. The van der Waals surface area contributed by atoms with Gasteiger partial charge in [-0.2, -0.15) is 0 Å². The summed E-state index contributed by atoms with van der Waals surface area (Å²) in [5, 5.41) is 7.80. The minimum atomic E-state index is 1.12. The molecule has 0 aliphatic rings. The fourth-order valence-corrected chi connectivity index (χ4v) is 10.6.